The number of hydrogen-bond acceptors (Lipinski definition) is 2. The number of rotatable bonds is 13. The summed E-state index contributed by atoms with van der Waals surface area (Å²) in [4.78, 5) is 0. The first-order valence-corrected chi connectivity index (χ1v) is 11.1. The third-order valence-electron chi connectivity index (χ3n) is 5.51. The summed E-state index contributed by atoms with van der Waals surface area (Å²) >= 11 is 0. The van der Waals surface area contributed by atoms with Crippen LogP contribution in [0.15, 0.2) is 0 Å². The Kier molecular flexibility index (Phi) is 10.9. The molecule has 0 aliphatic heterocycles. The van der Waals surface area contributed by atoms with Gasteiger partial charge in [0.05, 0.1) is 0 Å². The predicted octanol–water partition coefficient (Wildman–Crippen LogP) is 6.30. The molecule has 0 fully saturated rings. The summed E-state index contributed by atoms with van der Waals surface area (Å²) in [5.74, 6) is 0.684. The van der Waals surface area contributed by atoms with Crippen LogP contribution in [0.2, 0.25) is 11.1 Å². The first-order chi connectivity index (χ1) is 9.95. The fraction of sp³-hybridized carbons (Fsp3) is 1.00. The SMILES string of the molecule is CCCCCCCC[Si](OC)(OC)C(C)(C)C(CC)CC. The molecule has 0 N–H and O–H groups in total. The zero-order valence-electron chi connectivity index (χ0n) is 15.8. The molecule has 0 spiro atoms. The highest BCUT2D eigenvalue weighted by Gasteiger charge is 2.53. The zero-order valence-corrected chi connectivity index (χ0v) is 16.8. The molecule has 21 heavy (non-hydrogen) atoms. The molecular weight excluding hydrogens is 276 g/mol. The van der Waals surface area contributed by atoms with E-state index in [0.717, 1.165) is 6.04 Å². The van der Waals surface area contributed by atoms with Gasteiger partial charge >= 0.3 is 8.56 Å². The molecule has 128 valence electrons. The van der Waals surface area contributed by atoms with Gasteiger partial charge in [0.25, 0.3) is 0 Å². The van der Waals surface area contributed by atoms with Crippen molar-refractivity contribution < 1.29 is 8.85 Å². The molecule has 3 heteroatoms. The topological polar surface area (TPSA) is 18.5 Å². The fourth-order valence-electron chi connectivity index (χ4n) is 3.89. The van der Waals surface area contributed by atoms with Crippen LogP contribution in [0.5, 0.6) is 0 Å². The molecule has 0 aliphatic carbocycles. The van der Waals surface area contributed by atoms with Crippen molar-refractivity contribution >= 4 is 8.56 Å². The lowest BCUT2D eigenvalue weighted by Crippen LogP contribution is -2.52. The maximum Gasteiger partial charge on any atom is 0.343 e. The van der Waals surface area contributed by atoms with Crippen LogP contribution < -0.4 is 0 Å². The molecule has 0 amide bonds. The smallest absolute Gasteiger partial charge is 0.343 e. The Morgan fingerprint density at radius 1 is 0.810 bits per heavy atom. The van der Waals surface area contributed by atoms with Crippen LogP contribution in [0.25, 0.3) is 0 Å². The van der Waals surface area contributed by atoms with Crippen molar-refractivity contribution in [3.63, 3.8) is 0 Å². The number of hydrogen-bond donors (Lipinski definition) is 0. The summed E-state index contributed by atoms with van der Waals surface area (Å²) in [5.41, 5.74) is 0. The Labute approximate surface area is 135 Å². The van der Waals surface area contributed by atoms with Crippen molar-refractivity contribution in [1.82, 2.24) is 0 Å². The minimum atomic E-state index is -2.14. The van der Waals surface area contributed by atoms with Crippen molar-refractivity contribution in [3.8, 4) is 0 Å². The summed E-state index contributed by atoms with van der Waals surface area (Å²) in [6.45, 7) is 11.6. The summed E-state index contributed by atoms with van der Waals surface area (Å²) in [6, 6.07) is 1.13. The van der Waals surface area contributed by atoms with Crippen LogP contribution in [0.4, 0.5) is 0 Å². The van der Waals surface area contributed by atoms with Gasteiger partial charge in [0.2, 0.25) is 0 Å². The monoisotopic (exact) mass is 316 g/mol. The Morgan fingerprint density at radius 3 is 1.71 bits per heavy atom. The average Bonchev–Trinajstić information content (AvgIpc) is 2.47. The van der Waals surface area contributed by atoms with Crippen LogP contribution in [0.3, 0.4) is 0 Å². The van der Waals surface area contributed by atoms with Gasteiger partial charge in [-0.15, -0.1) is 0 Å². The average molecular weight is 317 g/mol. The van der Waals surface area contributed by atoms with Gasteiger partial charge in [0, 0.05) is 19.3 Å². The van der Waals surface area contributed by atoms with Crippen LogP contribution in [0, 0.1) is 5.92 Å². The van der Waals surface area contributed by atoms with Gasteiger partial charge in [-0.2, -0.15) is 0 Å². The zero-order chi connectivity index (χ0) is 16.4. The van der Waals surface area contributed by atoms with E-state index in [4.69, 9.17) is 8.85 Å². The molecule has 2 nitrogen and oxygen atoms in total. The highest BCUT2D eigenvalue weighted by molar-refractivity contribution is 6.70. The highest BCUT2D eigenvalue weighted by atomic mass is 28.4. The molecule has 0 atom stereocenters. The van der Waals surface area contributed by atoms with Gasteiger partial charge in [0.15, 0.2) is 0 Å². The summed E-state index contributed by atoms with van der Waals surface area (Å²) in [6.07, 6.45) is 10.4. The van der Waals surface area contributed by atoms with Crippen molar-refractivity contribution in [3.05, 3.63) is 0 Å². The van der Waals surface area contributed by atoms with Gasteiger partial charge in [0.1, 0.15) is 0 Å². The van der Waals surface area contributed by atoms with Crippen LogP contribution in [-0.4, -0.2) is 22.8 Å². The third-order valence-corrected chi connectivity index (χ3v) is 10.2. The molecule has 0 aromatic heterocycles. The van der Waals surface area contributed by atoms with Gasteiger partial charge in [-0.05, 0) is 12.0 Å². The van der Waals surface area contributed by atoms with Gasteiger partial charge in [-0.3, -0.25) is 0 Å². The van der Waals surface area contributed by atoms with Crippen molar-refractivity contribution in [2.24, 2.45) is 5.92 Å². The van der Waals surface area contributed by atoms with Gasteiger partial charge in [-0.1, -0.05) is 86.0 Å². The van der Waals surface area contributed by atoms with E-state index in [1.807, 2.05) is 14.2 Å². The van der Waals surface area contributed by atoms with Gasteiger partial charge in [-0.25, -0.2) is 0 Å². The molecule has 0 aromatic rings. The van der Waals surface area contributed by atoms with Gasteiger partial charge < -0.3 is 8.85 Å². The molecule has 0 rings (SSSR count). The molecule has 0 bridgehead atoms. The van der Waals surface area contributed by atoms with Crippen molar-refractivity contribution in [2.45, 2.75) is 97.1 Å². The minimum Gasteiger partial charge on any atom is -0.397 e. The third kappa shape index (κ3) is 5.68. The second kappa shape index (κ2) is 10.8. The van der Waals surface area contributed by atoms with E-state index in [1.165, 1.54) is 51.4 Å². The van der Waals surface area contributed by atoms with Crippen molar-refractivity contribution in [1.29, 1.82) is 0 Å². The van der Waals surface area contributed by atoms with Crippen LogP contribution >= 0.6 is 0 Å². The summed E-state index contributed by atoms with van der Waals surface area (Å²) < 4.78 is 12.2. The second-order valence-corrected chi connectivity index (χ2v) is 11.0. The lowest BCUT2D eigenvalue weighted by Gasteiger charge is -2.46. The molecule has 0 saturated carbocycles. The molecule has 0 unspecified atom stereocenters. The molecule has 0 radical (unpaired) electrons. The van der Waals surface area contributed by atoms with E-state index in [9.17, 15) is 0 Å². The van der Waals surface area contributed by atoms with E-state index in [0.29, 0.717) is 5.92 Å². The maximum absolute atomic E-state index is 6.08. The summed E-state index contributed by atoms with van der Waals surface area (Å²) in [7, 11) is 1.60. The normalized spacial score (nSPS) is 13.1. The lowest BCUT2D eigenvalue weighted by molar-refractivity contribution is 0.178. The second-order valence-electron chi connectivity index (χ2n) is 6.91. The van der Waals surface area contributed by atoms with Crippen LogP contribution in [0.1, 0.15) is 86.0 Å². The predicted molar refractivity (Wildman–Crippen MR) is 96.1 cm³/mol. The van der Waals surface area contributed by atoms with E-state index in [1.54, 1.807) is 0 Å². The van der Waals surface area contributed by atoms with E-state index < -0.39 is 8.56 Å². The fourth-order valence-corrected chi connectivity index (χ4v) is 7.91. The Balaban J connectivity index is 4.67. The largest absolute Gasteiger partial charge is 0.397 e. The minimum absolute atomic E-state index is 0.170. The summed E-state index contributed by atoms with van der Waals surface area (Å²) in [5, 5.41) is 0.170. The first kappa shape index (κ1) is 21.1. The first-order valence-electron chi connectivity index (χ1n) is 9.05. The maximum atomic E-state index is 6.08. The molecular formula is C18H40O2Si. The van der Waals surface area contributed by atoms with Crippen LogP contribution in [-0.2, 0) is 8.85 Å². The number of unbranched alkanes of at least 4 members (excludes halogenated alkanes) is 5. The molecule has 0 heterocycles. The quantitative estimate of drug-likeness (QED) is 0.293. The van der Waals surface area contributed by atoms with Crippen molar-refractivity contribution in [2.75, 3.05) is 14.2 Å². The standard InChI is InChI=1S/C18H40O2Si/c1-8-11-12-13-14-15-16-21(19-6,20-7)18(4,5)17(9-2)10-3/h17H,8-16H2,1-7H3. The van der Waals surface area contributed by atoms with E-state index in [2.05, 4.69) is 34.6 Å². The Hall–Kier alpha value is 0.137. The molecule has 0 aromatic carbocycles. The van der Waals surface area contributed by atoms with E-state index >= 15 is 0 Å². The Bertz CT molecular complexity index is 246. The van der Waals surface area contributed by atoms with E-state index in [-0.39, 0.29) is 5.04 Å². The molecule has 0 aliphatic rings. The Morgan fingerprint density at radius 2 is 1.29 bits per heavy atom. The highest BCUT2D eigenvalue weighted by Crippen LogP contribution is 2.50. The molecule has 0 saturated heterocycles. The lowest BCUT2D eigenvalue weighted by atomic mass is 9.90.